The standard InChI is InChI=1S/C35H53BN4O6/c1-4-5-6-7-8-9-10-19-32(36(44)45)38-33(41)31-20-30(46-35(43)39-22-28-17-13-14-18-29(28)23-39)24-40(31)34(42)26(3)37-21-27-16-12-11-15-25(27)2/h11-18,26,30-32,34,37,42,44-45H,4-10,19-24H2,1-3H3,(H,38,41)/t26-,30+,31?,32-,34?/m0/s1. The summed E-state index contributed by atoms with van der Waals surface area (Å²) in [6.45, 7) is 7.73. The summed E-state index contributed by atoms with van der Waals surface area (Å²) in [4.78, 5) is 30.2. The molecule has 46 heavy (non-hydrogen) atoms. The van der Waals surface area contributed by atoms with Gasteiger partial charge in [0.2, 0.25) is 5.91 Å². The lowest BCUT2D eigenvalue weighted by Gasteiger charge is -2.33. The van der Waals surface area contributed by atoms with E-state index in [1.165, 1.54) is 19.3 Å². The van der Waals surface area contributed by atoms with Crippen LogP contribution in [-0.4, -0.2) is 81.0 Å². The number of rotatable bonds is 17. The largest absolute Gasteiger partial charge is 0.475 e. The van der Waals surface area contributed by atoms with Crippen LogP contribution in [0.1, 0.15) is 93.9 Å². The maximum absolute atomic E-state index is 13.7. The van der Waals surface area contributed by atoms with Crippen molar-refractivity contribution < 1.29 is 29.5 Å². The number of ether oxygens (including phenoxy) is 1. The van der Waals surface area contributed by atoms with Gasteiger partial charge in [0.25, 0.3) is 0 Å². The molecule has 0 spiro atoms. The van der Waals surface area contributed by atoms with Crippen molar-refractivity contribution in [2.24, 2.45) is 0 Å². The summed E-state index contributed by atoms with van der Waals surface area (Å²) in [5.74, 6) is -1.25. The molecule has 2 aliphatic rings. The van der Waals surface area contributed by atoms with Gasteiger partial charge in [-0.2, -0.15) is 0 Å². The van der Waals surface area contributed by atoms with E-state index in [9.17, 15) is 24.7 Å². The first-order valence-electron chi connectivity index (χ1n) is 17.1. The first-order valence-corrected chi connectivity index (χ1v) is 17.1. The second kappa shape index (κ2) is 17.8. The quantitative estimate of drug-likeness (QED) is 0.130. The van der Waals surface area contributed by atoms with Gasteiger partial charge in [-0.15, -0.1) is 0 Å². The fourth-order valence-electron chi connectivity index (χ4n) is 6.50. The summed E-state index contributed by atoms with van der Waals surface area (Å²) < 4.78 is 5.92. The third-order valence-electron chi connectivity index (χ3n) is 9.44. The summed E-state index contributed by atoms with van der Waals surface area (Å²) in [5.41, 5.74) is 4.42. The molecule has 0 saturated carbocycles. The number of aliphatic hydroxyl groups excluding tert-OH is 1. The molecule has 0 aliphatic carbocycles. The second-order valence-electron chi connectivity index (χ2n) is 13.0. The van der Waals surface area contributed by atoms with Crippen LogP contribution in [0, 0.1) is 6.92 Å². The van der Waals surface area contributed by atoms with E-state index < -0.39 is 49.5 Å². The number of carbonyl (C=O) groups is 2. The van der Waals surface area contributed by atoms with Crippen molar-refractivity contribution >= 4 is 19.1 Å². The van der Waals surface area contributed by atoms with Gasteiger partial charge in [0, 0.05) is 38.6 Å². The average Bonchev–Trinajstić information content (AvgIpc) is 3.67. The van der Waals surface area contributed by atoms with Crippen molar-refractivity contribution in [3.8, 4) is 0 Å². The third kappa shape index (κ3) is 10.0. The fourth-order valence-corrected chi connectivity index (χ4v) is 6.50. The molecule has 4 rings (SSSR count). The summed E-state index contributed by atoms with van der Waals surface area (Å²) in [7, 11) is -1.70. The van der Waals surface area contributed by atoms with Crippen LogP contribution in [0.25, 0.3) is 0 Å². The molecule has 0 bridgehead atoms. The molecule has 1 fully saturated rings. The summed E-state index contributed by atoms with van der Waals surface area (Å²) in [6, 6.07) is 14.7. The second-order valence-corrected chi connectivity index (χ2v) is 13.0. The van der Waals surface area contributed by atoms with Crippen LogP contribution in [0.4, 0.5) is 4.79 Å². The molecular weight excluding hydrogens is 583 g/mol. The van der Waals surface area contributed by atoms with E-state index in [0.29, 0.717) is 26.1 Å². The van der Waals surface area contributed by atoms with E-state index in [4.69, 9.17) is 4.74 Å². The van der Waals surface area contributed by atoms with Gasteiger partial charge >= 0.3 is 13.2 Å². The van der Waals surface area contributed by atoms with Gasteiger partial charge < -0.3 is 30.5 Å². The maximum Gasteiger partial charge on any atom is 0.475 e. The topological polar surface area (TPSA) is 135 Å². The number of aliphatic hydroxyl groups is 1. The zero-order valence-electron chi connectivity index (χ0n) is 27.7. The SMILES string of the molecule is CCCCCCCCC[C@H](NC(=O)C1C[C@@H](OC(=O)N2Cc3ccccc3C2)CN1C(O)[C@H](C)NCc1ccccc1C)B(O)O. The van der Waals surface area contributed by atoms with E-state index in [2.05, 4.69) is 17.6 Å². The Morgan fingerprint density at radius 2 is 1.61 bits per heavy atom. The molecule has 5 atom stereocenters. The first-order chi connectivity index (χ1) is 22.2. The van der Waals surface area contributed by atoms with Crippen LogP contribution in [0.15, 0.2) is 48.5 Å². The van der Waals surface area contributed by atoms with Crippen molar-refractivity contribution in [2.75, 3.05) is 6.54 Å². The smallest absolute Gasteiger partial charge is 0.445 e. The van der Waals surface area contributed by atoms with Gasteiger partial charge in [-0.3, -0.25) is 14.6 Å². The lowest BCUT2D eigenvalue weighted by atomic mass is 9.76. The number of carbonyl (C=O) groups excluding carboxylic acids is 2. The maximum atomic E-state index is 13.7. The molecule has 0 radical (unpaired) electrons. The monoisotopic (exact) mass is 636 g/mol. The van der Waals surface area contributed by atoms with Crippen LogP contribution >= 0.6 is 0 Å². The molecular formula is C35H53BN4O6. The van der Waals surface area contributed by atoms with Gasteiger partial charge in [0.05, 0.1) is 12.0 Å². The predicted octanol–water partition coefficient (Wildman–Crippen LogP) is 4.02. The molecule has 2 amide bonds. The Morgan fingerprint density at radius 3 is 2.26 bits per heavy atom. The van der Waals surface area contributed by atoms with Gasteiger partial charge in [-0.1, -0.05) is 100 Å². The fraction of sp³-hybridized carbons (Fsp3) is 0.600. The van der Waals surface area contributed by atoms with Crippen molar-refractivity contribution in [2.45, 2.75) is 129 Å². The number of aryl methyl sites for hydroxylation is 1. The molecule has 2 aliphatic heterocycles. The van der Waals surface area contributed by atoms with Crippen LogP contribution in [-0.2, 0) is 29.2 Å². The van der Waals surface area contributed by atoms with Crippen LogP contribution in [0.3, 0.4) is 0 Å². The molecule has 2 aromatic rings. The Kier molecular flexibility index (Phi) is 13.9. The van der Waals surface area contributed by atoms with Gasteiger partial charge in [0.1, 0.15) is 12.3 Å². The highest BCUT2D eigenvalue weighted by Crippen LogP contribution is 2.28. The summed E-state index contributed by atoms with van der Waals surface area (Å²) >= 11 is 0. The predicted molar refractivity (Wildman–Crippen MR) is 179 cm³/mol. The Bertz CT molecular complexity index is 1240. The lowest BCUT2D eigenvalue weighted by Crippen LogP contribution is -2.57. The summed E-state index contributed by atoms with van der Waals surface area (Å²) in [6.07, 6.45) is 6.06. The van der Waals surface area contributed by atoms with Crippen molar-refractivity contribution in [1.29, 1.82) is 0 Å². The molecule has 2 heterocycles. The number of fused-ring (bicyclic) bond motifs is 1. The van der Waals surface area contributed by atoms with Gasteiger partial charge in [0.15, 0.2) is 0 Å². The first kappa shape index (κ1) is 35.9. The van der Waals surface area contributed by atoms with Crippen LogP contribution in [0.5, 0.6) is 0 Å². The minimum Gasteiger partial charge on any atom is -0.445 e. The number of unbranched alkanes of at least 4 members (excludes halogenated alkanes) is 6. The number of nitrogens with zero attached hydrogens (tertiary/aromatic N) is 2. The highest BCUT2D eigenvalue weighted by molar-refractivity contribution is 6.43. The van der Waals surface area contributed by atoms with Gasteiger partial charge in [-0.05, 0) is 42.5 Å². The highest BCUT2D eigenvalue weighted by atomic mass is 16.6. The molecule has 2 unspecified atom stereocenters. The summed E-state index contributed by atoms with van der Waals surface area (Å²) in [5, 5.41) is 37.9. The lowest BCUT2D eigenvalue weighted by molar-refractivity contribution is -0.130. The number of hydrogen-bond acceptors (Lipinski definition) is 8. The Morgan fingerprint density at radius 1 is 0.978 bits per heavy atom. The molecule has 2 aromatic carbocycles. The van der Waals surface area contributed by atoms with Crippen LogP contribution < -0.4 is 10.6 Å². The zero-order valence-corrected chi connectivity index (χ0v) is 27.7. The molecule has 10 nitrogen and oxygen atoms in total. The van der Waals surface area contributed by atoms with Crippen LogP contribution in [0.2, 0.25) is 0 Å². The van der Waals surface area contributed by atoms with Crippen molar-refractivity contribution in [1.82, 2.24) is 20.4 Å². The molecule has 252 valence electrons. The number of nitrogens with one attached hydrogen (secondary N) is 2. The Balaban J connectivity index is 1.39. The number of benzene rings is 2. The molecule has 1 saturated heterocycles. The van der Waals surface area contributed by atoms with E-state index in [0.717, 1.165) is 47.9 Å². The Labute approximate surface area is 274 Å². The van der Waals surface area contributed by atoms with Crippen molar-refractivity contribution in [3.05, 3.63) is 70.8 Å². The number of hydrogen-bond donors (Lipinski definition) is 5. The molecule has 0 aromatic heterocycles. The van der Waals surface area contributed by atoms with E-state index >= 15 is 0 Å². The molecule has 11 heteroatoms. The third-order valence-corrected chi connectivity index (χ3v) is 9.44. The van der Waals surface area contributed by atoms with E-state index in [1.54, 1.807) is 9.80 Å². The minimum absolute atomic E-state index is 0.173. The van der Waals surface area contributed by atoms with Crippen molar-refractivity contribution in [3.63, 3.8) is 0 Å². The number of amides is 2. The number of likely N-dealkylation sites (tertiary alicyclic amines) is 1. The normalized spacial score (nSPS) is 19.8. The minimum atomic E-state index is -1.70. The Hall–Kier alpha value is -2.96. The molecule has 5 N–H and O–H groups in total. The van der Waals surface area contributed by atoms with E-state index in [1.807, 2.05) is 62.4 Å². The zero-order chi connectivity index (χ0) is 33.1. The average molecular weight is 637 g/mol. The van der Waals surface area contributed by atoms with E-state index in [-0.39, 0.29) is 13.0 Å². The highest BCUT2D eigenvalue weighted by Gasteiger charge is 2.44. The van der Waals surface area contributed by atoms with Gasteiger partial charge in [-0.25, -0.2) is 4.79 Å².